The fraction of sp³-hybridized carbons (Fsp3) is 0.529. The highest BCUT2D eigenvalue weighted by atomic mass is 16.5. The zero-order valence-electron chi connectivity index (χ0n) is 14.4. The van der Waals surface area contributed by atoms with Crippen molar-refractivity contribution in [3.05, 3.63) is 18.5 Å². The Kier molecular flexibility index (Phi) is 5.32. The van der Waals surface area contributed by atoms with Crippen LogP contribution in [-0.4, -0.2) is 68.4 Å². The fourth-order valence-corrected chi connectivity index (χ4v) is 3.21. The molecule has 0 unspecified atom stereocenters. The third-order valence-electron chi connectivity index (χ3n) is 4.45. The Hall–Kier alpha value is -2.12. The van der Waals surface area contributed by atoms with Gasteiger partial charge >= 0.3 is 0 Å². The van der Waals surface area contributed by atoms with Crippen molar-refractivity contribution in [3.63, 3.8) is 0 Å². The lowest BCUT2D eigenvalue weighted by Crippen LogP contribution is -2.34. The van der Waals surface area contributed by atoms with E-state index in [0.717, 1.165) is 55.9 Å². The molecular formula is C17H25N5O2. The Morgan fingerprint density at radius 2 is 1.83 bits per heavy atom. The number of benzene rings is 1. The van der Waals surface area contributed by atoms with Crippen molar-refractivity contribution < 1.29 is 9.47 Å². The van der Waals surface area contributed by atoms with Gasteiger partial charge in [-0.25, -0.2) is 9.97 Å². The van der Waals surface area contributed by atoms with Gasteiger partial charge in [-0.3, -0.25) is 0 Å². The van der Waals surface area contributed by atoms with Crippen LogP contribution >= 0.6 is 0 Å². The first-order chi connectivity index (χ1) is 11.8. The Balaban J connectivity index is 1.94. The molecule has 7 heteroatoms. The highest BCUT2D eigenvalue weighted by Crippen LogP contribution is 2.34. The second-order valence-electron chi connectivity index (χ2n) is 5.89. The molecule has 0 amide bonds. The van der Waals surface area contributed by atoms with Gasteiger partial charge in [0.15, 0.2) is 11.5 Å². The lowest BCUT2D eigenvalue weighted by atomic mass is 10.2. The third kappa shape index (κ3) is 3.37. The van der Waals surface area contributed by atoms with Gasteiger partial charge in [-0.1, -0.05) is 0 Å². The predicted molar refractivity (Wildman–Crippen MR) is 95.0 cm³/mol. The SMILES string of the molecule is COc1cc2ncnc(N3CCCN(CCN)CC3)c2cc1OC. The van der Waals surface area contributed by atoms with E-state index in [1.807, 2.05) is 12.1 Å². The number of nitrogens with two attached hydrogens (primary N) is 1. The number of rotatable bonds is 5. The molecule has 1 saturated heterocycles. The smallest absolute Gasteiger partial charge is 0.162 e. The molecule has 2 heterocycles. The molecule has 2 aromatic rings. The zero-order valence-corrected chi connectivity index (χ0v) is 14.4. The molecule has 2 N–H and O–H groups in total. The standard InChI is InChI=1S/C17H25N5O2/c1-23-15-10-13-14(11-16(15)24-2)19-12-20-17(13)22-6-3-5-21(7-4-18)8-9-22/h10-12H,3-9,18H2,1-2H3. The van der Waals surface area contributed by atoms with Gasteiger partial charge in [-0.2, -0.15) is 0 Å². The summed E-state index contributed by atoms with van der Waals surface area (Å²) in [5.41, 5.74) is 6.55. The van der Waals surface area contributed by atoms with E-state index in [1.54, 1.807) is 20.5 Å². The molecule has 1 aromatic heterocycles. The number of nitrogens with zero attached hydrogens (tertiary/aromatic N) is 4. The molecule has 0 bridgehead atoms. The number of hydrogen-bond acceptors (Lipinski definition) is 7. The summed E-state index contributed by atoms with van der Waals surface area (Å²) < 4.78 is 10.8. The summed E-state index contributed by atoms with van der Waals surface area (Å²) in [4.78, 5) is 13.7. The van der Waals surface area contributed by atoms with Gasteiger partial charge < -0.3 is 25.0 Å². The maximum atomic E-state index is 5.69. The zero-order chi connectivity index (χ0) is 16.9. The molecule has 3 rings (SSSR count). The quantitative estimate of drug-likeness (QED) is 0.879. The van der Waals surface area contributed by atoms with Crippen LogP contribution in [0.4, 0.5) is 5.82 Å². The van der Waals surface area contributed by atoms with Crippen molar-refractivity contribution in [2.24, 2.45) is 5.73 Å². The van der Waals surface area contributed by atoms with Crippen molar-refractivity contribution in [2.45, 2.75) is 6.42 Å². The minimum Gasteiger partial charge on any atom is -0.493 e. The number of methoxy groups -OCH3 is 2. The predicted octanol–water partition coefficient (Wildman–Crippen LogP) is 1.12. The lowest BCUT2D eigenvalue weighted by Gasteiger charge is -2.23. The Morgan fingerprint density at radius 1 is 1.04 bits per heavy atom. The first kappa shape index (κ1) is 16.7. The number of anilines is 1. The van der Waals surface area contributed by atoms with Gasteiger partial charge in [0, 0.05) is 44.2 Å². The minimum atomic E-state index is 0.680. The van der Waals surface area contributed by atoms with E-state index in [1.165, 1.54) is 0 Å². The Labute approximate surface area is 142 Å². The van der Waals surface area contributed by atoms with Crippen LogP contribution in [0.15, 0.2) is 18.5 Å². The van der Waals surface area contributed by atoms with Gasteiger partial charge in [-0.05, 0) is 19.0 Å². The summed E-state index contributed by atoms with van der Waals surface area (Å²) in [6.45, 7) is 5.63. The minimum absolute atomic E-state index is 0.680. The maximum absolute atomic E-state index is 5.69. The second-order valence-corrected chi connectivity index (χ2v) is 5.89. The summed E-state index contributed by atoms with van der Waals surface area (Å²) in [7, 11) is 3.27. The first-order valence-corrected chi connectivity index (χ1v) is 8.31. The van der Waals surface area contributed by atoms with Crippen LogP contribution in [0.5, 0.6) is 11.5 Å². The van der Waals surface area contributed by atoms with E-state index in [0.29, 0.717) is 18.0 Å². The second kappa shape index (κ2) is 7.63. The van der Waals surface area contributed by atoms with Gasteiger partial charge in [0.05, 0.1) is 19.7 Å². The van der Waals surface area contributed by atoms with Crippen molar-refractivity contribution >= 4 is 16.7 Å². The molecule has 0 atom stereocenters. The molecule has 1 aliphatic rings. The van der Waals surface area contributed by atoms with Crippen molar-refractivity contribution in [2.75, 3.05) is 58.4 Å². The number of ether oxygens (including phenoxy) is 2. The highest BCUT2D eigenvalue weighted by molar-refractivity contribution is 5.92. The first-order valence-electron chi connectivity index (χ1n) is 8.31. The van der Waals surface area contributed by atoms with E-state index in [-0.39, 0.29) is 0 Å². The van der Waals surface area contributed by atoms with Gasteiger partial charge in [0.2, 0.25) is 0 Å². The van der Waals surface area contributed by atoms with Crippen LogP contribution in [-0.2, 0) is 0 Å². The molecule has 1 fully saturated rings. The summed E-state index contributed by atoms with van der Waals surface area (Å²) in [5, 5.41) is 0.988. The number of hydrogen-bond donors (Lipinski definition) is 1. The molecule has 0 spiro atoms. The largest absolute Gasteiger partial charge is 0.493 e. The van der Waals surface area contributed by atoms with E-state index in [2.05, 4.69) is 19.8 Å². The molecule has 0 aliphatic carbocycles. The molecule has 0 saturated carbocycles. The van der Waals surface area contributed by atoms with Crippen LogP contribution < -0.4 is 20.1 Å². The molecule has 130 valence electrons. The van der Waals surface area contributed by atoms with Crippen LogP contribution in [0.2, 0.25) is 0 Å². The van der Waals surface area contributed by atoms with Crippen molar-refractivity contribution in [1.82, 2.24) is 14.9 Å². The van der Waals surface area contributed by atoms with Crippen molar-refractivity contribution in [3.8, 4) is 11.5 Å². The lowest BCUT2D eigenvalue weighted by molar-refractivity contribution is 0.302. The third-order valence-corrected chi connectivity index (χ3v) is 4.45. The Bertz CT molecular complexity index is 694. The van der Waals surface area contributed by atoms with Crippen molar-refractivity contribution in [1.29, 1.82) is 0 Å². The molecule has 1 aromatic carbocycles. The molecule has 7 nitrogen and oxygen atoms in total. The van der Waals surface area contributed by atoms with Gasteiger partial charge in [0.1, 0.15) is 12.1 Å². The highest BCUT2D eigenvalue weighted by Gasteiger charge is 2.19. The maximum Gasteiger partial charge on any atom is 0.162 e. The van der Waals surface area contributed by atoms with Crippen LogP contribution in [0.3, 0.4) is 0 Å². The molecule has 0 radical (unpaired) electrons. The number of fused-ring (bicyclic) bond motifs is 1. The van der Waals surface area contributed by atoms with E-state index < -0.39 is 0 Å². The summed E-state index contributed by atoms with van der Waals surface area (Å²) in [6, 6.07) is 3.87. The van der Waals surface area contributed by atoms with Crippen LogP contribution in [0.1, 0.15) is 6.42 Å². The normalized spacial score (nSPS) is 16.2. The molecular weight excluding hydrogens is 306 g/mol. The summed E-state index contributed by atoms with van der Waals surface area (Å²) in [5.74, 6) is 2.33. The fourth-order valence-electron chi connectivity index (χ4n) is 3.21. The monoisotopic (exact) mass is 331 g/mol. The summed E-state index contributed by atoms with van der Waals surface area (Å²) >= 11 is 0. The van der Waals surface area contributed by atoms with Gasteiger partial charge in [-0.15, -0.1) is 0 Å². The molecule has 1 aliphatic heterocycles. The number of aromatic nitrogens is 2. The average molecular weight is 331 g/mol. The van der Waals surface area contributed by atoms with E-state index in [9.17, 15) is 0 Å². The van der Waals surface area contributed by atoms with Gasteiger partial charge in [0.25, 0.3) is 0 Å². The van der Waals surface area contributed by atoms with Crippen LogP contribution in [0, 0.1) is 0 Å². The molecule has 24 heavy (non-hydrogen) atoms. The van der Waals surface area contributed by atoms with Crippen LogP contribution in [0.25, 0.3) is 10.9 Å². The average Bonchev–Trinajstić information content (AvgIpc) is 2.86. The Morgan fingerprint density at radius 3 is 2.58 bits per heavy atom. The summed E-state index contributed by atoms with van der Waals surface area (Å²) in [6.07, 6.45) is 2.71. The van der Waals surface area contributed by atoms with E-state index >= 15 is 0 Å². The topological polar surface area (TPSA) is 76.7 Å². The van der Waals surface area contributed by atoms with E-state index in [4.69, 9.17) is 15.2 Å².